The number of aryl methyl sites for hydroxylation is 1. The molecule has 0 fully saturated rings. The summed E-state index contributed by atoms with van der Waals surface area (Å²) in [4.78, 5) is 11.6. The van der Waals surface area contributed by atoms with E-state index in [2.05, 4.69) is 139 Å². The molecule has 1 aliphatic heterocycles. The molecule has 4 nitrogen and oxygen atoms in total. The van der Waals surface area contributed by atoms with Gasteiger partial charge in [0.1, 0.15) is 5.82 Å². The number of aromatic nitrogens is 2. The van der Waals surface area contributed by atoms with Crippen molar-refractivity contribution in [2.45, 2.75) is 43.0 Å². The van der Waals surface area contributed by atoms with Crippen molar-refractivity contribution in [3.05, 3.63) is 115 Å². The molecule has 0 amide bonds. The molecule has 0 atom stereocenters. The van der Waals surface area contributed by atoms with E-state index in [1.807, 2.05) is 12.3 Å². The standard InChI is InChI=1S/C35H30N4S.Pt/c1-24-18-19-36-34(20-24)39-30-13-6-5-12-28(30)29-17-16-27(22-33(29)39)40-26-11-9-10-25(21-26)37-23-38(35(2,3)4)32-15-8-7-14-31(32)37;/h5-20H,23H2,1-4H3;/q-2;+2. The van der Waals surface area contributed by atoms with Crippen LogP contribution in [0.1, 0.15) is 26.3 Å². The fraction of sp³-hybridized carbons (Fsp3) is 0.171. The van der Waals surface area contributed by atoms with Gasteiger partial charge in [-0.15, -0.1) is 45.1 Å². The van der Waals surface area contributed by atoms with Crippen molar-refractivity contribution in [3.8, 4) is 5.82 Å². The van der Waals surface area contributed by atoms with E-state index in [1.54, 1.807) is 11.8 Å². The Morgan fingerprint density at radius 2 is 1.54 bits per heavy atom. The predicted octanol–water partition coefficient (Wildman–Crippen LogP) is 8.95. The van der Waals surface area contributed by atoms with Gasteiger partial charge in [0.05, 0.1) is 18.0 Å². The van der Waals surface area contributed by atoms with Gasteiger partial charge < -0.3 is 14.4 Å². The Labute approximate surface area is 260 Å². The Kier molecular flexibility index (Phi) is 7.21. The Morgan fingerprint density at radius 1 is 0.780 bits per heavy atom. The quantitative estimate of drug-likeness (QED) is 0.169. The van der Waals surface area contributed by atoms with Crippen molar-refractivity contribution in [1.82, 2.24) is 9.55 Å². The molecule has 0 saturated heterocycles. The maximum absolute atomic E-state index is 4.71. The van der Waals surface area contributed by atoms with Crippen LogP contribution in [0.15, 0.2) is 107 Å². The molecule has 7 rings (SSSR count). The smallest absolute Gasteiger partial charge is 0.347 e. The maximum atomic E-state index is 4.71. The summed E-state index contributed by atoms with van der Waals surface area (Å²) >= 11 is 1.69. The molecule has 6 heteroatoms. The van der Waals surface area contributed by atoms with E-state index in [-0.39, 0.29) is 26.6 Å². The molecule has 0 unspecified atom stereocenters. The number of hydrogen-bond donors (Lipinski definition) is 0. The molecule has 0 aliphatic carbocycles. The maximum Gasteiger partial charge on any atom is 2.00 e. The summed E-state index contributed by atoms with van der Waals surface area (Å²) < 4.78 is 2.23. The Hall–Kier alpha value is -3.53. The molecule has 1 aliphatic rings. The van der Waals surface area contributed by atoms with E-state index in [4.69, 9.17) is 4.98 Å². The van der Waals surface area contributed by atoms with Gasteiger partial charge in [0, 0.05) is 17.3 Å². The van der Waals surface area contributed by atoms with Crippen molar-refractivity contribution in [1.29, 1.82) is 0 Å². The fourth-order valence-electron chi connectivity index (χ4n) is 5.58. The van der Waals surface area contributed by atoms with Gasteiger partial charge in [0.15, 0.2) is 0 Å². The van der Waals surface area contributed by atoms with E-state index < -0.39 is 0 Å². The number of fused-ring (bicyclic) bond motifs is 4. The van der Waals surface area contributed by atoms with Crippen LogP contribution in [0, 0.1) is 19.1 Å². The number of benzene rings is 4. The first-order valence-corrected chi connectivity index (χ1v) is 14.4. The number of para-hydroxylation sites is 3. The van der Waals surface area contributed by atoms with Crippen LogP contribution < -0.4 is 9.80 Å². The summed E-state index contributed by atoms with van der Waals surface area (Å²) in [6, 6.07) is 39.5. The molecular formula is C35H30N4PtS. The zero-order chi connectivity index (χ0) is 27.4. The van der Waals surface area contributed by atoms with E-state index in [0.29, 0.717) is 0 Å². The third kappa shape index (κ3) is 4.96. The molecule has 0 bridgehead atoms. The van der Waals surface area contributed by atoms with Crippen LogP contribution in [-0.4, -0.2) is 21.8 Å². The number of pyridine rings is 1. The van der Waals surface area contributed by atoms with E-state index in [0.717, 1.165) is 39.0 Å². The molecule has 0 N–H and O–H groups in total. The average Bonchev–Trinajstić information content (AvgIpc) is 3.50. The van der Waals surface area contributed by atoms with E-state index >= 15 is 0 Å². The van der Waals surface area contributed by atoms with Crippen LogP contribution in [0.3, 0.4) is 0 Å². The minimum Gasteiger partial charge on any atom is -0.347 e. The van der Waals surface area contributed by atoms with E-state index in [9.17, 15) is 0 Å². The Bertz CT molecular complexity index is 1890. The first-order valence-electron chi connectivity index (χ1n) is 13.6. The van der Waals surface area contributed by atoms with Crippen LogP contribution in [0.2, 0.25) is 0 Å². The molecule has 4 aromatic carbocycles. The molecular weight excluding hydrogens is 704 g/mol. The molecule has 0 radical (unpaired) electrons. The van der Waals surface area contributed by atoms with Crippen LogP contribution in [0.25, 0.3) is 27.6 Å². The normalized spacial score (nSPS) is 13.1. The van der Waals surface area contributed by atoms with Gasteiger partial charge in [-0.3, -0.25) is 0 Å². The first-order chi connectivity index (χ1) is 19.4. The van der Waals surface area contributed by atoms with Gasteiger partial charge in [0.25, 0.3) is 0 Å². The molecule has 3 heterocycles. The van der Waals surface area contributed by atoms with Gasteiger partial charge in [-0.05, 0) is 69.0 Å². The molecule has 2 aromatic heterocycles. The van der Waals surface area contributed by atoms with Gasteiger partial charge in [-0.1, -0.05) is 41.5 Å². The second kappa shape index (κ2) is 10.7. The second-order valence-electron chi connectivity index (χ2n) is 11.3. The summed E-state index contributed by atoms with van der Waals surface area (Å²) in [6.07, 6.45) is 1.88. The van der Waals surface area contributed by atoms with Crippen molar-refractivity contribution in [2.24, 2.45) is 0 Å². The summed E-state index contributed by atoms with van der Waals surface area (Å²) in [7, 11) is 0. The summed E-state index contributed by atoms with van der Waals surface area (Å²) in [6.45, 7) is 9.70. The molecule has 41 heavy (non-hydrogen) atoms. The summed E-state index contributed by atoms with van der Waals surface area (Å²) in [5.41, 5.74) is 6.93. The fourth-order valence-corrected chi connectivity index (χ4v) is 6.40. The van der Waals surface area contributed by atoms with Crippen molar-refractivity contribution in [3.63, 3.8) is 0 Å². The third-order valence-electron chi connectivity index (χ3n) is 7.51. The zero-order valence-corrected chi connectivity index (χ0v) is 26.5. The van der Waals surface area contributed by atoms with Gasteiger partial charge in [-0.25, -0.2) is 4.98 Å². The minimum absolute atomic E-state index is 0. The molecule has 206 valence electrons. The van der Waals surface area contributed by atoms with Crippen LogP contribution >= 0.6 is 11.8 Å². The Balaban J connectivity index is 0.00000302. The van der Waals surface area contributed by atoms with E-state index in [1.165, 1.54) is 27.7 Å². The van der Waals surface area contributed by atoms with Crippen LogP contribution in [0.5, 0.6) is 0 Å². The van der Waals surface area contributed by atoms with Crippen molar-refractivity contribution in [2.75, 3.05) is 16.5 Å². The van der Waals surface area contributed by atoms with Crippen LogP contribution in [-0.2, 0) is 21.1 Å². The van der Waals surface area contributed by atoms with Gasteiger partial charge in [-0.2, -0.15) is 24.3 Å². The monoisotopic (exact) mass is 733 g/mol. The molecule has 6 aromatic rings. The molecule has 0 spiro atoms. The molecule has 0 saturated carbocycles. The zero-order valence-electron chi connectivity index (χ0n) is 23.5. The van der Waals surface area contributed by atoms with Crippen molar-refractivity contribution < 1.29 is 21.1 Å². The third-order valence-corrected chi connectivity index (χ3v) is 8.42. The van der Waals surface area contributed by atoms with Crippen LogP contribution in [0.4, 0.5) is 17.1 Å². The number of rotatable bonds is 4. The SMILES string of the molecule is Cc1ccnc(-n2c3[c-]c(Sc4[c-]c(N5CN(C(C)(C)C)c6ccccc65)ccc4)ccc3c3ccccc32)c1.[Pt+2]. The number of nitrogens with zero attached hydrogens (tertiary/aromatic N) is 4. The largest absolute Gasteiger partial charge is 2.00 e. The number of hydrogen-bond acceptors (Lipinski definition) is 4. The minimum atomic E-state index is 0. The summed E-state index contributed by atoms with van der Waals surface area (Å²) in [5, 5.41) is 2.38. The Morgan fingerprint density at radius 3 is 2.34 bits per heavy atom. The second-order valence-corrected chi connectivity index (χ2v) is 12.4. The summed E-state index contributed by atoms with van der Waals surface area (Å²) in [5.74, 6) is 0.911. The van der Waals surface area contributed by atoms with Gasteiger partial charge >= 0.3 is 21.1 Å². The number of anilines is 3. The topological polar surface area (TPSA) is 24.3 Å². The first kappa shape index (κ1) is 27.6. The average molecular weight is 734 g/mol. The van der Waals surface area contributed by atoms with Crippen molar-refractivity contribution >= 4 is 50.6 Å². The predicted molar refractivity (Wildman–Crippen MR) is 167 cm³/mol. The van der Waals surface area contributed by atoms with Gasteiger partial charge in [0.2, 0.25) is 0 Å².